The molecule has 3 aromatic rings. The van der Waals surface area contributed by atoms with E-state index in [-0.39, 0.29) is 16.3 Å². The molecule has 0 atom stereocenters. The Kier molecular flexibility index (Phi) is 4.92. The molecule has 0 aliphatic rings. The maximum absolute atomic E-state index is 12.9. The molecular weight excluding hydrogens is 371 g/mol. The number of anilines is 1. The molecule has 0 spiro atoms. The summed E-state index contributed by atoms with van der Waals surface area (Å²) in [6.07, 6.45) is -0.559. The zero-order valence-corrected chi connectivity index (χ0v) is 14.6. The van der Waals surface area contributed by atoms with E-state index in [0.29, 0.717) is 28.5 Å². The second-order valence-electron chi connectivity index (χ2n) is 5.33. The van der Waals surface area contributed by atoms with Gasteiger partial charge in [-0.15, -0.1) is 0 Å². The Hall–Kier alpha value is -2.18. The molecule has 2 heterocycles. The summed E-state index contributed by atoms with van der Waals surface area (Å²) in [6, 6.07) is 7.07. The number of pyridine rings is 1. The van der Waals surface area contributed by atoms with Gasteiger partial charge in [0.05, 0.1) is 21.4 Å². The molecule has 0 saturated heterocycles. The van der Waals surface area contributed by atoms with Crippen molar-refractivity contribution in [3.05, 3.63) is 63.5 Å². The van der Waals surface area contributed by atoms with Gasteiger partial charge in [0.1, 0.15) is 11.3 Å². The zero-order valence-electron chi connectivity index (χ0n) is 13.1. The number of hydrogen-bond donors (Lipinski definition) is 1. The fourth-order valence-corrected chi connectivity index (χ4v) is 2.84. The number of alkyl halides is 2. The van der Waals surface area contributed by atoms with Crippen LogP contribution in [-0.2, 0) is 6.42 Å². The average Bonchev–Trinajstić information content (AvgIpc) is 2.94. The van der Waals surface area contributed by atoms with E-state index in [1.54, 1.807) is 22.7 Å². The molecule has 3 rings (SSSR count). The lowest BCUT2D eigenvalue weighted by atomic mass is 10.2. The van der Waals surface area contributed by atoms with Crippen LogP contribution in [0, 0.1) is 0 Å². The molecule has 0 fully saturated rings. The molecule has 0 saturated carbocycles. The standard InChI is InChI=1S/C17H13Cl2F2N3O/c1-2-12-15(24-8-10(18)4-6-14(24)22-12)17(25)23-13-7-9(16(20)21)3-5-11(13)19/h3-8,16H,2H2,1H3,(H,23,25). The number of amides is 1. The highest BCUT2D eigenvalue weighted by atomic mass is 35.5. The molecule has 8 heteroatoms. The molecule has 4 nitrogen and oxygen atoms in total. The number of halogens is 4. The minimum Gasteiger partial charge on any atom is -0.319 e. The highest BCUT2D eigenvalue weighted by molar-refractivity contribution is 6.34. The number of carbonyl (C=O) groups excluding carboxylic acids is 1. The molecule has 130 valence electrons. The van der Waals surface area contributed by atoms with Crippen molar-refractivity contribution in [3.8, 4) is 0 Å². The van der Waals surface area contributed by atoms with Gasteiger partial charge >= 0.3 is 0 Å². The van der Waals surface area contributed by atoms with Crippen molar-refractivity contribution in [2.24, 2.45) is 0 Å². The Balaban J connectivity index is 2.03. The Bertz CT molecular complexity index is 956. The third-order valence-electron chi connectivity index (χ3n) is 3.70. The lowest BCUT2D eigenvalue weighted by molar-refractivity contribution is 0.102. The van der Waals surface area contributed by atoms with Crippen LogP contribution < -0.4 is 5.32 Å². The Labute approximate surface area is 152 Å². The smallest absolute Gasteiger partial charge is 0.274 e. The number of fused-ring (bicyclic) bond motifs is 1. The van der Waals surface area contributed by atoms with Gasteiger partial charge in [-0.3, -0.25) is 9.20 Å². The Morgan fingerprint density at radius 3 is 2.72 bits per heavy atom. The van der Waals surface area contributed by atoms with E-state index >= 15 is 0 Å². The molecule has 0 radical (unpaired) electrons. The molecule has 2 aromatic heterocycles. The van der Waals surface area contributed by atoms with Gasteiger partial charge in [-0.25, -0.2) is 13.8 Å². The van der Waals surface area contributed by atoms with Gasteiger partial charge in [-0.1, -0.05) is 36.2 Å². The molecule has 0 aliphatic carbocycles. The number of rotatable bonds is 4. The van der Waals surface area contributed by atoms with E-state index in [1.807, 2.05) is 6.92 Å². The highest BCUT2D eigenvalue weighted by Crippen LogP contribution is 2.29. The van der Waals surface area contributed by atoms with E-state index < -0.39 is 12.3 Å². The predicted octanol–water partition coefficient (Wildman–Crippen LogP) is 5.39. The summed E-state index contributed by atoms with van der Waals surface area (Å²) >= 11 is 12.0. The molecule has 25 heavy (non-hydrogen) atoms. The van der Waals surface area contributed by atoms with E-state index in [0.717, 1.165) is 6.07 Å². The first kappa shape index (κ1) is 17.6. The SMILES string of the molecule is CCc1nc2ccc(Cl)cn2c1C(=O)Nc1cc(C(F)F)ccc1Cl. The minimum atomic E-state index is -2.66. The topological polar surface area (TPSA) is 46.4 Å². The number of benzene rings is 1. The Morgan fingerprint density at radius 2 is 2.04 bits per heavy atom. The van der Waals surface area contributed by atoms with Crippen LogP contribution in [0.4, 0.5) is 14.5 Å². The highest BCUT2D eigenvalue weighted by Gasteiger charge is 2.20. The predicted molar refractivity (Wildman–Crippen MR) is 93.9 cm³/mol. The van der Waals surface area contributed by atoms with Gasteiger partial charge in [0.15, 0.2) is 0 Å². The number of hydrogen-bond acceptors (Lipinski definition) is 2. The van der Waals surface area contributed by atoms with Crippen LogP contribution >= 0.6 is 23.2 Å². The monoisotopic (exact) mass is 383 g/mol. The fraction of sp³-hybridized carbons (Fsp3) is 0.176. The lowest BCUT2D eigenvalue weighted by Crippen LogP contribution is -2.16. The average molecular weight is 384 g/mol. The van der Waals surface area contributed by atoms with E-state index in [2.05, 4.69) is 10.3 Å². The van der Waals surface area contributed by atoms with Gasteiger partial charge in [0.25, 0.3) is 12.3 Å². The van der Waals surface area contributed by atoms with Crippen molar-refractivity contribution in [1.82, 2.24) is 9.38 Å². The van der Waals surface area contributed by atoms with Crippen molar-refractivity contribution in [3.63, 3.8) is 0 Å². The summed E-state index contributed by atoms with van der Waals surface area (Å²) in [5.74, 6) is -0.500. The number of imidazole rings is 1. The van der Waals surface area contributed by atoms with Gasteiger partial charge in [0.2, 0.25) is 0 Å². The molecule has 0 aliphatic heterocycles. The molecule has 0 unspecified atom stereocenters. The first-order valence-electron chi connectivity index (χ1n) is 7.46. The van der Waals surface area contributed by atoms with Crippen molar-refractivity contribution in [2.45, 2.75) is 19.8 Å². The van der Waals surface area contributed by atoms with E-state index in [4.69, 9.17) is 23.2 Å². The van der Waals surface area contributed by atoms with E-state index in [9.17, 15) is 13.6 Å². The summed E-state index contributed by atoms with van der Waals surface area (Å²) in [7, 11) is 0. The van der Waals surface area contributed by atoms with Crippen LogP contribution in [0.5, 0.6) is 0 Å². The quantitative estimate of drug-likeness (QED) is 0.655. The van der Waals surface area contributed by atoms with Gasteiger partial charge in [-0.05, 0) is 30.7 Å². The number of aryl methyl sites for hydroxylation is 1. The number of nitrogens with zero attached hydrogens (tertiary/aromatic N) is 2. The van der Waals surface area contributed by atoms with Crippen LogP contribution in [-0.4, -0.2) is 15.3 Å². The first-order chi connectivity index (χ1) is 11.9. The maximum Gasteiger partial charge on any atom is 0.274 e. The van der Waals surface area contributed by atoms with Crippen molar-refractivity contribution in [1.29, 1.82) is 0 Å². The maximum atomic E-state index is 12.9. The molecule has 0 bridgehead atoms. The second-order valence-corrected chi connectivity index (χ2v) is 6.17. The largest absolute Gasteiger partial charge is 0.319 e. The minimum absolute atomic E-state index is 0.114. The summed E-state index contributed by atoms with van der Waals surface area (Å²) in [5, 5.41) is 3.20. The fourth-order valence-electron chi connectivity index (χ4n) is 2.51. The second kappa shape index (κ2) is 6.98. The van der Waals surface area contributed by atoms with Crippen LogP contribution in [0.1, 0.15) is 35.1 Å². The summed E-state index contributed by atoms with van der Waals surface area (Å²) in [4.78, 5) is 17.1. The third kappa shape index (κ3) is 3.45. The number of nitrogens with one attached hydrogen (secondary N) is 1. The van der Waals surface area contributed by atoms with Gasteiger partial charge in [0, 0.05) is 11.8 Å². The molecule has 1 N–H and O–H groups in total. The Morgan fingerprint density at radius 1 is 1.28 bits per heavy atom. The van der Waals surface area contributed by atoms with Crippen molar-refractivity contribution >= 4 is 40.4 Å². The molecule has 1 amide bonds. The van der Waals surface area contributed by atoms with Crippen LogP contribution in [0.2, 0.25) is 10.0 Å². The van der Waals surface area contributed by atoms with Crippen LogP contribution in [0.15, 0.2) is 36.5 Å². The van der Waals surface area contributed by atoms with Crippen LogP contribution in [0.3, 0.4) is 0 Å². The van der Waals surface area contributed by atoms with Crippen molar-refractivity contribution < 1.29 is 13.6 Å². The van der Waals surface area contributed by atoms with Crippen molar-refractivity contribution in [2.75, 3.05) is 5.32 Å². The third-order valence-corrected chi connectivity index (χ3v) is 4.25. The number of aromatic nitrogens is 2. The zero-order chi connectivity index (χ0) is 18.1. The van der Waals surface area contributed by atoms with E-state index in [1.165, 1.54) is 12.1 Å². The summed E-state index contributed by atoms with van der Waals surface area (Å²) in [5.41, 5.74) is 1.32. The number of carbonyl (C=O) groups is 1. The normalized spacial score (nSPS) is 11.3. The molecule has 1 aromatic carbocycles. The van der Waals surface area contributed by atoms with Crippen LogP contribution in [0.25, 0.3) is 5.65 Å². The first-order valence-corrected chi connectivity index (χ1v) is 8.21. The van der Waals surface area contributed by atoms with Gasteiger partial charge in [-0.2, -0.15) is 0 Å². The van der Waals surface area contributed by atoms with Gasteiger partial charge < -0.3 is 5.32 Å². The molecular formula is C17H13Cl2F2N3O. The summed E-state index contributed by atoms with van der Waals surface area (Å²) in [6.45, 7) is 1.87. The lowest BCUT2D eigenvalue weighted by Gasteiger charge is -2.10. The summed E-state index contributed by atoms with van der Waals surface area (Å²) < 4.78 is 27.3.